The minimum Gasteiger partial charge on any atom is -0.483 e. The largest absolute Gasteiger partial charge is 0.483 e. The molecular weight excluding hydrogens is 597 g/mol. The van der Waals surface area contributed by atoms with Gasteiger partial charge in [-0.05, 0) is 30.7 Å². The first kappa shape index (κ1) is 29.7. The first-order chi connectivity index (χ1) is 21.5. The third kappa shape index (κ3) is 5.01. The number of amides is 3. The van der Waals surface area contributed by atoms with Crippen LogP contribution in [0.5, 0.6) is 5.75 Å². The van der Waals surface area contributed by atoms with E-state index in [1.54, 1.807) is 49.4 Å². The lowest BCUT2D eigenvalue weighted by Gasteiger charge is -2.42. The minimum atomic E-state index is -1.95. The third-order valence-corrected chi connectivity index (χ3v) is 8.05. The predicted octanol–water partition coefficient (Wildman–Crippen LogP) is 4.47. The monoisotopic (exact) mass is 622 g/mol. The van der Waals surface area contributed by atoms with Gasteiger partial charge in [0.1, 0.15) is 30.5 Å². The Balaban J connectivity index is 1.56. The molecule has 0 radical (unpaired) electrons. The van der Waals surface area contributed by atoms with Gasteiger partial charge in [-0.3, -0.25) is 14.4 Å². The number of fused-ring (bicyclic) bond motifs is 5. The van der Waals surface area contributed by atoms with Crippen molar-refractivity contribution < 1.29 is 42.2 Å². The zero-order chi connectivity index (χ0) is 32.0. The molecule has 0 saturated carbocycles. The lowest BCUT2D eigenvalue weighted by Crippen LogP contribution is -2.53. The Morgan fingerprint density at radius 2 is 1.93 bits per heavy atom. The molecule has 14 heteroatoms. The molecule has 0 unspecified atom stereocenters. The van der Waals surface area contributed by atoms with Crippen molar-refractivity contribution in [3.05, 3.63) is 106 Å². The highest BCUT2D eigenvalue weighted by molar-refractivity contribution is 6.19. The molecule has 3 aliphatic heterocycles. The summed E-state index contributed by atoms with van der Waals surface area (Å²) in [6.07, 6.45) is 2.37. The summed E-state index contributed by atoms with van der Waals surface area (Å²) in [5.41, 5.74) is -3.62. The SMILES string of the molecule is C[C@H]1C=C[C@]2(CC(CF)=NO2)[C@H]2CN1C(=O)c1c(OCc3ccccc3)c(=O)c(C(=O)N(C(=O)O)c3ccc(F)cc3F)cn12. The minimum absolute atomic E-state index is 0.0149. The summed E-state index contributed by atoms with van der Waals surface area (Å²) in [4.78, 5) is 61.3. The van der Waals surface area contributed by atoms with E-state index in [1.165, 1.54) is 9.47 Å². The number of carbonyl (C=O) groups is 3. The van der Waals surface area contributed by atoms with E-state index in [0.717, 1.165) is 18.3 Å². The number of halogens is 3. The summed E-state index contributed by atoms with van der Waals surface area (Å²) in [7, 11) is 0. The summed E-state index contributed by atoms with van der Waals surface area (Å²) in [5, 5.41) is 13.8. The molecular formula is C31H25F3N4O7. The number of carboxylic acid groups (broad SMARTS) is 1. The lowest BCUT2D eigenvalue weighted by atomic mass is 9.87. The Morgan fingerprint density at radius 3 is 2.60 bits per heavy atom. The highest BCUT2D eigenvalue weighted by Crippen LogP contribution is 2.44. The van der Waals surface area contributed by atoms with E-state index >= 15 is 0 Å². The van der Waals surface area contributed by atoms with E-state index in [1.807, 2.05) is 0 Å². The van der Waals surface area contributed by atoms with Gasteiger partial charge in [0.2, 0.25) is 5.43 Å². The summed E-state index contributed by atoms with van der Waals surface area (Å²) in [6, 6.07) is 9.13. The lowest BCUT2D eigenvalue weighted by molar-refractivity contribution is -0.0317. The van der Waals surface area contributed by atoms with Gasteiger partial charge in [-0.2, -0.15) is 0 Å². The van der Waals surface area contributed by atoms with Crippen LogP contribution in [0, 0.1) is 11.6 Å². The number of anilines is 1. The number of carbonyl (C=O) groups excluding carboxylic acids is 2. The number of hydrogen-bond acceptors (Lipinski definition) is 7. The van der Waals surface area contributed by atoms with E-state index in [0.29, 0.717) is 11.6 Å². The van der Waals surface area contributed by atoms with Gasteiger partial charge in [-0.25, -0.2) is 22.9 Å². The van der Waals surface area contributed by atoms with Gasteiger partial charge in [0.15, 0.2) is 17.0 Å². The van der Waals surface area contributed by atoms with Gasteiger partial charge < -0.3 is 24.1 Å². The van der Waals surface area contributed by atoms with Crippen molar-refractivity contribution in [3.63, 3.8) is 0 Å². The molecule has 2 aromatic carbocycles. The zero-order valence-corrected chi connectivity index (χ0v) is 23.7. The van der Waals surface area contributed by atoms with Crippen LogP contribution in [-0.2, 0) is 11.4 Å². The second kappa shape index (κ2) is 11.3. The summed E-state index contributed by atoms with van der Waals surface area (Å²) in [5.74, 6) is -5.04. The topological polar surface area (TPSA) is 131 Å². The van der Waals surface area contributed by atoms with Gasteiger partial charge in [0.25, 0.3) is 11.8 Å². The first-order valence-electron chi connectivity index (χ1n) is 13.8. The van der Waals surface area contributed by atoms with Crippen LogP contribution >= 0.6 is 0 Å². The van der Waals surface area contributed by atoms with E-state index < -0.39 is 76.3 Å². The molecule has 3 aromatic rings. The van der Waals surface area contributed by atoms with Crippen molar-refractivity contribution in [1.29, 1.82) is 0 Å². The van der Waals surface area contributed by atoms with Crippen molar-refractivity contribution in [2.45, 2.75) is 37.6 Å². The van der Waals surface area contributed by atoms with Crippen LogP contribution in [0.2, 0.25) is 0 Å². The highest BCUT2D eigenvalue weighted by Gasteiger charge is 2.52. The second-order valence-electron chi connectivity index (χ2n) is 10.8. The average molecular weight is 623 g/mol. The maximum Gasteiger partial charge on any atom is 0.419 e. The molecule has 3 amide bonds. The number of oxime groups is 1. The Bertz CT molecular complexity index is 1840. The van der Waals surface area contributed by atoms with Crippen LogP contribution < -0.4 is 15.1 Å². The third-order valence-electron chi connectivity index (χ3n) is 8.05. The van der Waals surface area contributed by atoms with Crippen LogP contribution in [0.25, 0.3) is 0 Å². The molecule has 232 valence electrons. The summed E-state index contributed by atoms with van der Waals surface area (Å²) in [6.45, 7) is 0.620. The molecule has 3 atom stereocenters. The van der Waals surface area contributed by atoms with E-state index in [2.05, 4.69) is 5.16 Å². The summed E-state index contributed by atoms with van der Waals surface area (Å²) < 4.78 is 49.3. The first-order valence-corrected chi connectivity index (χ1v) is 13.8. The second-order valence-corrected chi connectivity index (χ2v) is 10.8. The van der Waals surface area contributed by atoms with Crippen LogP contribution in [0.1, 0.15) is 45.8 Å². The van der Waals surface area contributed by atoms with Gasteiger partial charge >= 0.3 is 6.09 Å². The number of hydrogen-bond donors (Lipinski definition) is 1. The Labute approximate surface area is 253 Å². The molecule has 0 fully saturated rings. The van der Waals surface area contributed by atoms with E-state index in [4.69, 9.17) is 9.57 Å². The Kier molecular flexibility index (Phi) is 7.43. The number of alkyl halides is 1. The molecule has 11 nitrogen and oxygen atoms in total. The number of ether oxygens (including phenoxy) is 1. The molecule has 6 rings (SSSR count). The number of imide groups is 1. The van der Waals surface area contributed by atoms with Crippen molar-refractivity contribution in [3.8, 4) is 5.75 Å². The van der Waals surface area contributed by atoms with Crippen molar-refractivity contribution in [1.82, 2.24) is 9.47 Å². The number of benzene rings is 2. The number of rotatable bonds is 6. The quantitative estimate of drug-likeness (QED) is 0.402. The van der Waals surface area contributed by atoms with E-state index in [9.17, 15) is 37.5 Å². The maximum atomic E-state index is 14.7. The molecule has 45 heavy (non-hydrogen) atoms. The highest BCUT2D eigenvalue weighted by atomic mass is 19.1. The molecule has 3 aliphatic rings. The number of aromatic nitrogens is 1. The van der Waals surface area contributed by atoms with Crippen molar-refractivity contribution in [2.24, 2.45) is 5.16 Å². The molecule has 4 heterocycles. The normalized spacial score (nSPS) is 21.6. The van der Waals surface area contributed by atoms with Crippen LogP contribution in [0.4, 0.5) is 23.7 Å². The van der Waals surface area contributed by atoms with Crippen LogP contribution in [0.3, 0.4) is 0 Å². The van der Waals surface area contributed by atoms with Crippen LogP contribution in [0.15, 0.2) is 76.8 Å². The fraction of sp³-hybridized carbons (Fsp3) is 0.258. The maximum absolute atomic E-state index is 14.7. The molecule has 1 N–H and O–H groups in total. The Hall–Kier alpha value is -5.40. The van der Waals surface area contributed by atoms with Gasteiger partial charge in [-0.15, -0.1) is 0 Å². The molecule has 0 aliphatic carbocycles. The Morgan fingerprint density at radius 1 is 1.18 bits per heavy atom. The standard InChI is InChI=1S/C31H25F3N4O7/c1-17-9-10-31(12-20(13-32)35-45-31)24-15-36(17)29(41)25-27(44-16-18-5-3-2-4-6-18)26(39)21(14-37(24)25)28(40)38(30(42)43)23-8-7-19(33)11-22(23)34/h2-11,14,17,24H,12-13,15-16H2,1H3,(H,42,43)/t17-,24+,31-/m0/s1. The van der Waals surface area contributed by atoms with Gasteiger partial charge in [-0.1, -0.05) is 41.6 Å². The predicted molar refractivity (Wildman–Crippen MR) is 153 cm³/mol. The molecule has 1 aromatic heterocycles. The molecule has 2 bridgehead atoms. The average Bonchev–Trinajstić information content (AvgIpc) is 3.40. The van der Waals surface area contributed by atoms with Crippen molar-refractivity contribution >= 4 is 29.3 Å². The fourth-order valence-electron chi connectivity index (χ4n) is 5.79. The smallest absolute Gasteiger partial charge is 0.419 e. The molecule has 1 spiro atoms. The van der Waals surface area contributed by atoms with E-state index in [-0.39, 0.29) is 35.9 Å². The zero-order valence-electron chi connectivity index (χ0n) is 23.7. The van der Waals surface area contributed by atoms with Crippen molar-refractivity contribution in [2.75, 3.05) is 18.1 Å². The fourth-order valence-corrected chi connectivity index (χ4v) is 5.79. The molecule has 0 saturated heterocycles. The van der Waals surface area contributed by atoms with Gasteiger partial charge in [0.05, 0.1) is 17.4 Å². The number of pyridine rings is 1. The van der Waals surface area contributed by atoms with Gasteiger partial charge in [0, 0.05) is 31.3 Å². The van der Waals surface area contributed by atoms with Crippen LogP contribution in [-0.4, -0.2) is 63.1 Å². The number of nitrogens with zero attached hydrogens (tertiary/aromatic N) is 4. The summed E-state index contributed by atoms with van der Waals surface area (Å²) >= 11 is 0.